The van der Waals surface area contributed by atoms with Gasteiger partial charge in [0, 0.05) is 10.9 Å². The second-order valence-electron chi connectivity index (χ2n) is 7.30. The van der Waals surface area contributed by atoms with Crippen LogP contribution in [0.2, 0.25) is 0 Å². The monoisotopic (exact) mass is 430 g/mol. The van der Waals surface area contributed by atoms with Crippen LogP contribution in [0, 0.1) is 13.8 Å². The Balaban J connectivity index is 1.63. The minimum atomic E-state index is -3.10. The number of amides is 1. The van der Waals surface area contributed by atoms with Crippen molar-refractivity contribution in [1.82, 2.24) is 0 Å². The van der Waals surface area contributed by atoms with Crippen LogP contribution in [0.15, 0.2) is 53.5 Å². The molecule has 0 spiro atoms. The van der Waals surface area contributed by atoms with Gasteiger partial charge in [-0.15, -0.1) is 0 Å². The van der Waals surface area contributed by atoms with Crippen LogP contribution in [-0.2, 0) is 14.6 Å². The minimum absolute atomic E-state index is 0.0756. The molecule has 0 N–H and O–H groups in total. The van der Waals surface area contributed by atoms with E-state index in [0.717, 1.165) is 16.8 Å². The van der Waals surface area contributed by atoms with Gasteiger partial charge in [0.2, 0.25) is 0 Å². The molecule has 2 aliphatic heterocycles. The maximum Gasteiger partial charge on any atom is 0.285 e. The van der Waals surface area contributed by atoms with Gasteiger partial charge < -0.3 is 9.64 Å². The number of ether oxygens (including phenoxy) is 1. The molecular weight excluding hydrogens is 408 g/mol. The molecule has 2 saturated heterocycles. The number of hydrogen-bond acceptors (Lipinski definition) is 5. The Hall–Kier alpha value is -2.32. The van der Waals surface area contributed by atoms with Crippen molar-refractivity contribution in [3.8, 4) is 5.75 Å². The molecular formula is C21H22N2O4S2. The molecule has 2 fully saturated rings. The van der Waals surface area contributed by atoms with Crippen molar-refractivity contribution in [1.29, 1.82) is 0 Å². The van der Waals surface area contributed by atoms with Crippen LogP contribution in [0.3, 0.4) is 0 Å². The van der Waals surface area contributed by atoms with Gasteiger partial charge in [0.05, 0.1) is 17.5 Å². The molecule has 0 unspecified atom stereocenters. The number of rotatable bonds is 4. The quantitative estimate of drug-likeness (QED) is 0.742. The molecule has 4 rings (SSSR count). The number of nitrogens with zero attached hydrogens (tertiary/aromatic N) is 2. The molecule has 0 aliphatic carbocycles. The molecule has 2 atom stereocenters. The summed E-state index contributed by atoms with van der Waals surface area (Å²) in [5, 5.41) is 0.426. The first-order valence-corrected chi connectivity index (χ1v) is 12.1. The molecule has 1 amide bonds. The van der Waals surface area contributed by atoms with Gasteiger partial charge in [-0.05, 0) is 37.1 Å². The lowest BCUT2D eigenvalue weighted by Crippen LogP contribution is -2.38. The molecule has 2 heterocycles. The van der Waals surface area contributed by atoms with Crippen LogP contribution in [-0.4, -0.2) is 48.9 Å². The fourth-order valence-corrected chi connectivity index (χ4v) is 7.73. The van der Waals surface area contributed by atoms with E-state index in [1.54, 1.807) is 12.1 Å². The number of hydrogen-bond donors (Lipinski definition) is 0. The van der Waals surface area contributed by atoms with E-state index in [9.17, 15) is 13.2 Å². The van der Waals surface area contributed by atoms with Crippen LogP contribution < -0.4 is 9.64 Å². The van der Waals surface area contributed by atoms with Crippen LogP contribution >= 0.6 is 11.8 Å². The molecule has 2 aliphatic rings. The average molecular weight is 431 g/mol. The number of aryl methyl sites for hydroxylation is 2. The first-order valence-electron chi connectivity index (χ1n) is 9.36. The lowest BCUT2D eigenvalue weighted by Gasteiger charge is -2.27. The largest absolute Gasteiger partial charge is 0.484 e. The lowest BCUT2D eigenvalue weighted by atomic mass is 10.1. The van der Waals surface area contributed by atoms with Gasteiger partial charge in [0.25, 0.3) is 5.91 Å². The maximum absolute atomic E-state index is 12.5. The number of thioether (sulfide) groups is 1. The zero-order valence-electron chi connectivity index (χ0n) is 16.2. The van der Waals surface area contributed by atoms with E-state index in [0.29, 0.717) is 10.9 Å². The summed E-state index contributed by atoms with van der Waals surface area (Å²) in [4.78, 5) is 18.8. The molecule has 8 heteroatoms. The Kier molecular flexibility index (Phi) is 5.40. The first kappa shape index (κ1) is 20.0. The number of aliphatic imine (C=N–C) groups is 1. The SMILES string of the molecule is Cc1cccc(C)c1N1C(=NC(=O)COc2ccccc2)S[C@@H]2CS(=O)(=O)C[C@@H]21. The van der Waals surface area contributed by atoms with Gasteiger partial charge in [0.15, 0.2) is 21.6 Å². The summed E-state index contributed by atoms with van der Waals surface area (Å²) in [7, 11) is -3.10. The first-order chi connectivity index (χ1) is 13.8. The number of anilines is 1. The minimum Gasteiger partial charge on any atom is -0.484 e. The fraction of sp³-hybridized carbons (Fsp3) is 0.333. The third kappa shape index (κ3) is 4.18. The Morgan fingerprint density at radius 2 is 1.79 bits per heavy atom. The van der Waals surface area contributed by atoms with Crippen molar-refractivity contribution in [3.05, 3.63) is 59.7 Å². The van der Waals surface area contributed by atoms with Crippen molar-refractivity contribution in [3.63, 3.8) is 0 Å². The Bertz CT molecular complexity index is 1050. The van der Waals surface area contributed by atoms with E-state index in [4.69, 9.17) is 4.74 Å². The number of fused-ring (bicyclic) bond motifs is 1. The number of amidine groups is 1. The number of sulfone groups is 1. The summed E-state index contributed by atoms with van der Waals surface area (Å²) in [5.74, 6) is 0.397. The molecule has 29 heavy (non-hydrogen) atoms. The van der Waals surface area contributed by atoms with Gasteiger partial charge >= 0.3 is 0 Å². The molecule has 0 saturated carbocycles. The highest BCUT2D eigenvalue weighted by atomic mass is 32.2. The van der Waals surface area contributed by atoms with Gasteiger partial charge in [-0.25, -0.2) is 8.42 Å². The number of para-hydroxylation sites is 2. The Morgan fingerprint density at radius 1 is 1.10 bits per heavy atom. The van der Waals surface area contributed by atoms with Crippen molar-refractivity contribution in [2.75, 3.05) is 23.0 Å². The number of carbonyl (C=O) groups excluding carboxylic acids is 1. The van der Waals surface area contributed by atoms with Gasteiger partial charge in [-0.1, -0.05) is 48.2 Å². The van der Waals surface area contributed by atoms with Crippen LogP contribution in [0.5, 0.6) is 5.75 Å². The Labute approximate surface area is 174 Å². The lowest BCUT2D eigenvalue weighted by molar-refractivity contribution is -0.119. The second-order valence-corrected chi connectivity index (χ2v) is 10.7. The Morgan fingerprint density at radius 3 is 2.48 bits per heavy atom. The van der Waals surface area contributed by atoms with Crippen molar-refractivity contribution in [2.45, 2.75) is 25.1 Å². The van der Waals surface area contributed by atoms with E-state index in [1.807, 2.05) is 55.1 Å². The fourth-order valence-electron chi connectivity index (χ4n) is 3.81. The van der Waals surface area contributed by atoms with E-state index >= 15 is 0 Å². The predicted octanol–water partition coefficient (Wildman–Crippen LogP) is 2.98. The highest BCUT2D eigenvalue weighted by molar-refractivity contribution is 8.16. The summed E-state index contributed by atoms with van der Waals surface area (Å²) in [5.41, 5.74) is 2.98. The smallest absolute Gasteiger partial charge is 0.285 e. The predicted molar refractivity (Wildman–Crippen MR) is 117 cm³/mol. The normalized spacial score (nSPS) is 23.9. The van der Waals surface area contributed by atoms with E-state index < -0.39 is 15.7 Å². The third-order valence-corrected chi connectivity index (χ3v) is 8.28. The van der Waals surface area contributed by atoms with E-state index in [-0.39, 0.29) is 29.4 Å². The molecule has 0 radical (unpaired) electrons. The molecule has 2 aromatic rings. The summed E-state index contributed by atoms with van der Waals surface area (Å²) in [6, 6.07) is 14.8. The molecule has 0 bridgehead atoms. The zero-order chi connectivity index (χ0) is 20.6. The highest BCUT2D eigenvalue weighted by Gasteiger charge is 2.49. The van der Waals surface area contributed by atoms with Crippen molar-refractivity contribution in [2.24, 2.45) is 4.99 Å². The summed E-state index contributed by atoms with van der Waals surface area (Å²) in [6.07, 6.45) is 0. The maximum atomic E-state index is 12.5. The van der Waals surface area contributed by atoms with Gasteiger partial charge in [-0.2, -0.15) is 4.99 Å². The molecule has 6 nitrogen and oxygen atoms in total. The van der Waals surface area contributed by atoms with Gasteiger partial charge in [-0.3, -0.25) is 4.79 Å². The van der Waals surface area contributed by atoms with Crippen LogP contribution in [0.1, 0.15) is 11.1 Å². The second kappa shape index (κ2) is 7.84. The molecule has 0 aromatic heterocycles. The number of benzene rings is 2. The van der Waals surface area contributed by atoms with Crippen LogP contribution in [0.25, 0.3) is 0 Å². The summed E-state index contributed by atoms with van der Waals surface area (Å²) >= 11 is 1.37. The van der Waals surface area contributed by atoms with E-state index in [1.165, 1.54) is 11.8 Å². The summed E-state index contributed by atoms with van der Waals surface area (Å²) < 4.78 is 29.9. The average Bonchev–Trinajstić information content (AvgIpc) is 3.13. The van der Waals surface area contributed by atoms with Crippen molar-refractivity contribution < 1.29 is 17.9 Å². The van der Waals surface area contributed by atoms with Crippen LogP contribution in [0.4, 0.5) is 5.69 Å². The van der Waals surface area contributed by atoms with E-state index in [2.05, 4.69) is 4.99 Å². The van der Waals surface area contributed by atoms with Crippen molar-refractivity contribution >= 4 is 38.4 Å². The molecule has 2 aromatic carbocycles. The number of carbonyl (C=O) groups is 1. The standard InChI is InChI=1S/C21H22N2O4S2/c1-14-7-6-8-15(2)20(14)23-17-12-29(25,26)13-18(17)28-21(23)22-19(24)11-27-16-9-4-3-5-10-16/h3-10,17-18H,11-13H2,1-2H3/t17-,18+/m0/s1. The topological polar surface area (TPSA) is 76.0 Å². The third-order valence-electron chi connectivity index (χ3n) is 5.07. The highest BCUT2D eigenvalue weighted by Crippen LogP contribution is 2.43. The van der Waals surface area contributed by atoms with Gasteiger partial charge in [0.1, 0.15) is 5.75 Å². The summed E-state index contributed by atoms with van der Waals surface area (Å²) in [6.45, 7) is 3.81. The molecule has 152 valence electrons. The zero-order valence-corrected chi connectivity index (χ0v) is 17.9.